The first-order valence-corrected chi connectivity index (χ1v) is 14.9. The first-order chi connectivity index (χ1) is 20.3. The molecule has 10 heteroatoms. The van der Waals surface area contributed by atoms with Crippen molar-refractivity contribution in [2.24, 2.45) is 5.92 Å². The lowest BCUT2D eigenvalue weighted by atomic mass is 9.48. The number of halogens is 3. The minimum atomic E-state index is -4.44. The van der Waals surface area contributed by atoms with Crippen molar-refractivity contribution < 1.29 is 37.3 Å². The lowest BCUT2D eigenvalue weighted by molar-refractivity contribution is -0.221. The summed E-state index contributed by atoms with van der Waals surface area (Å²) in [6.07, 6.45) is 0.239. The summed E-state index contributed by atoms with van der Waals surface area (Å²) in [4.78, 5) is 30.7. The van der Waals surface area contributed by atoms with Crippen LogP contribution in [0.1, 0.15) is 62.3 Å². The topological polar surface area (TPSA) is 79.3 Å². The molecular formula is C33H37F3N2O5. The number of aromatic hydroxyl groups is 1. The zero-order chi connectivity index (χ0) is 30.9. The summed E-state index contributed by atoms with van der Waals surface area (Å²) >= 11 is 0. The highest BCUT2D eigenvalue weighted by atomic mass is 19.4. The minimum Gasteiger partial charge on any atom is -0.504 e. The molecule has 230 valence electrons. The molecule has 2 bridgehead atoms. The van der Waals surface area contributed by atoms with E-state index in [1.807, 2.05) is 27.0 Å². The molecule has 0 aromatic heterocycles. The van der Waals surface area contributed by atoms with Gasteiger partial charge >= 0.3 is 12.1 Å². The second kappa shape index (κ2) is 10.3. The fourth-order valence-corrected chi connectivity index (χ4v) is 8.31. The fraction of sp³-hybridized carbons (Fsp3) is 0.515. The molecule has 6 rings (SSSR count). The maximum Gasteiger partial charge on any atom is 0.416 e. The normalized spacial score (nSPS) is 29.3. The largest absolute Gasteiger partial charge is 0.504 e. The Morgan fingerprint density at radius 2 is 1.91 bits per heavy atom. The van der Waals surface area contributed by atoms with E-state index in [0.29, 0.717) is 43.5 Å². The average Bonchev–Trinajstić information content (AvgIpc) is 3.29. The highest BCUT2D eigenvalue weighted by Crippen LogP contribution is 2.67. The van der Waals surface area contributed by atoms with E-state index >= 15 is 0 Å². The van der Waals surface area contributed by atoms with Crippen LogP contribution < -0.4 is 4.74 Å². The van der Waals surface area contributed by atoms with Crippen molar-refractivity contribution >= 4 is 18.0 Å². The molecule has 0 radical (unpaired) electrons. The molecule has 2 aliphatic carbocycles. The van der Waals surface area contributed by atoms with Crippen molar-refractivity contribution in [3.63, 3.8) is 0 Å². The Morgan fingerprint density at radius 1 is 1.19 bits per heavy atom. The van der Waals surface area contributed by atoms with E-state index in [1.54, 1.807) is 11.0 Å². The number of esters is 1. The van der Waals surface area contributed by atoms with Gasteiger partial charge in [-0.2, -0.15) is 13.2 Å². The van der Waals surface area contributed by atoms with E-state index in [0.717, 1.165) is 29.8 Å². The Balaban J connectivity index is 1.41. The number of carbonyl (C=O) groups excluding carboxylic acids is 2. The summed E-state index contributed by atoms with van der Waals surface area (Å²) < 4.78 is 52.2. The van der Waals surface area contributed by atoms with E-state index in [9.17, 15) is 27.9 Å². The van der Waals surface area contributed by atoms with Crippen LogP contribution in [-0.2, 0) is 32.3 Å². The van der Waals surface area contributed by atoms with E-state index in [-0.39, 0.29) is 29.6 Å². The first kappa shape index (κ1) is 29.5. The Morgan fingerprint density at radius 3 is 2.56 bits per heavy atom. The fourth-order valence-electron chi connectivity index (χ4n) is 8.31. The van der Waals surface area contributed by atoms with Crippen molar-refractivity contribution in [3.8, 4) is 11.5 Å². The zero-order valence-electron chi connectivity index (χ0n) is 24.8. The molecule has 43 heavy (non-hydrogen) atoms. The first-order valence-electron chi connectivity index (χ1n) is 14.9. The maximum absolute atomic E-state index is 13.9. The second-order valence-electron chi connectivity index (χ2n) is 12.8. The van der Waals surface area contributed by atoms with Gasteiger partial charge in [-0.1, -0.05) is 32.0 Å². The van der Waals surface area contributed by atoms with Gasteiger partial charge in [0.1, 0.15) is 11.7 Å². The molecule has 2 aromatic carbocycles. The smallest absolute Gasteiger partial charge is 0.416 e. The van der Waals surface area contributed by atoms with Gasteiger partial charge in [-0.05, 0) is 80.6 Å². The Hall–Kier alpha value is -3.53. The third kappa shape index (κ3) is 4.51. The zero-order valence-corrected chi connectivity index (χ0v) is 24.8. The number of likely N-dealkylation sites (tertiary alicyclic amines) is 1. The molecule has 2 heterocycles. The molecule has 5 atom stereocenters. The lowest BCUT2D eigenvalue weighted by Gasteiger charge is -2.65. The SMILES string of the molecule is CC(=O)O[C@@]12CC[C@@H](N(CC(C)C)C(=O)C=Cc3ccc(C(F)(F)F)cc3)[C@@H]3Oc4c(O)ccc5c4[C@@]31CCN(C)[C@@H]2C5. The molecule has 1 spiro atoms. The number of carbonyl (C=O) groups is 2. The van der Waals surface area contributed by atoms with Gasteiger partial charge in [-0.15, -0.1) is 0 Å². The quantitative estimate of drug-likeness (QED) is 0.358. The second-order valence-corrected chi connectivity index (χ2v) is 12.8. The number of phenols is 1. The van der Waals surface area contributed by atoms with Gasteiger partial charge < -0.3 is 19.5 Å². The molecule has 1 saturated heterocycles. The van der Waals surface area contributed by atoms with Gasteiger partial charge in [0, 0.05) is 25.1 Å². The summed E-state index contributed by atoms with van der Waals surface area (Å²) in [5.74, 6) is -0.0984. The van der Waals surface area contributed by atoms with Crippen LogP contribution in [-0.4, -0.2) is 70.7 Å². The van der Waals surface area contributed by atoms with Crippen LogP contribution in [0.4, 0.5) is 13.2 Å². The summed E-state index contributed by atoms with van der Waals surface area (Å²) in [7, 11) is 2.05. The highest BCUT2D eigenvalue weighted by Gasteiger charge is 2.75. The van der Waals surface area contributed by atoms with Crippen LogP contribution in [0.5, 0.6) is 11.5 Å². The van der Waals surface area contributed by atoms with E-state index in [1.165, 1.54) is 31.2 Å². The molecule has 1 amide bonds. The van der Waals surface area contributed by atoms with Gasteiger partial charge in [-0.25, -0.2) is 0 Å². The van der Waals surface area contributed by atoms with Crippen molar-refractivity contribution in [2.45, 2.75) is 81.8 Å². The van der Waals surface area contributed by atoms with Gasteiger partial charge in [0.15, 0.2) is 11.5 Å². The molecule has 1 N–H and O–H groups in total. The maximum atomic E-state index is 13.9. The molecule has 4 aliphatic rings. The Bertz CT molecular complexity index is 1470. The number of ether oxygens (including phenoxy) is 2. The lowest BCUT2D eigenvalue weighted by Crippen LogP contribution is -2.79. The molecule has 2 aliphatic heterocycles. The van der Waals surface area contributed by atoms with Gasteiger partial charge in [-0.3, -0.25) is 14.5 Å². The minimum absolute atomic E-state index is 0.0271. The molecule has 2 fully saturated rings. The Kier molecular flexibility index (Phi) is 7.06. The predicted molar refractivity (Wildman–Crippen MR) is 153 cm³/mol. The number of piperidine rings is 1. The van der Waals surface area contributed by atoms with Crippen LogP contribution in [0.25, 0.3) is 6.08 Å². The molecule has 2 aromatic rings. The molecular weight excluding hydrogens is 561 g/mol. The average molecular weight is 599 g/mol. The molecule has 1 saturated carbocycles. The number of rotatable bonds is 6. The van der Waals surface area contributed by atoms with Crippen LogP contribution >= 0.6 is 0 Å². The number of hydrogen-bond acceptors (Lipinski definition) is 6. The predicted octanol–water partition coefficient (Wildman–Crippen LogP) is 5.33. The number of phenolic OH excluding ortho intramolecular Hbond substituents is 1. The van der Waals surface area contributed by atoms with E-state index < -0.39 is 34.9 Å². The summed E-state index contributed by atoms with van der Waals surface area (Å²) in [6, 6.07) is 7.78. The van der Waals surface area contributed by atoms with Crippen LogP contribution in [0.15, 0.2) is 42.5 Å². The third-order valence-electron chi connectivity index (χ3n) is 9.89. The van der Waals surface area contributed by atoms with Crippen molar-refractivity contribution in [3.05, 3.63) is 64.7 Å². The third-order valence-corrected chi connectivity index (χ3v) is 9.89. The summed E-state index contributed by atoms with van der Waals surface area (Å²) in [6.45, 7) is 6.63. The molecule has 7 nitrogen and oxygen atoms in total. The van der Waals surface area contributed by atoms with E-state index in [4.69, 9.17) is 9.47 Å². The van der Waals surface area contributed by atoms with Crippen LogP contribution in [0, 0.1) is 5.92 Å². The standard InChI is InChI=1S/C33H37F3N2O5/c1-19(2)18-38(27(41)12-7-21-5-9-23(10-6-21)33(34,35)36)24-13-14-32(43-20(3)39)26-17-22-8-11-25(40)29-28(22)31(32,30(24)42-29)15-16-37(26)4/h5-12,19,24,26,30,40H,13-18H2,1-4H3/t24-,26-,30+,31+,32-/m1/s1. The van der Waals surface area contributed by atoms with Crippen molar-refractivity contribution in [1.82, 2.24) is 9.80 Å². The summed E-state index contributed by atoms with van der Waals surface area (Å²) in [5.41, 5.74) is 0.0321. The molecule has 0 unspecified atom stereocenters. The van der Waals surface area contributed by atoms with Crippen molar-refractivity contribution in [1.29, 1.82) is 0 Å². The number of alkyl halides is 3. The number of amides is 1. The van der Waals surface area contributed by atoms with Crippen molar-refractivity contribution in [2.75, 3.05) is 20.1 Å². The number of likely N-dealkylation sites (N-methyl/N-ethyl adjacent to an activating group) is 1. The van der Waals surface area contributed by atoms with Gasteiger partial charge in [0.25, 0.3) is 0 Å². The highest BCUT2D eigenvalue weighted by molar-refractivity contribution is 5.92. The number of hydrogen-bond donors (Lipinski definition) is 1. The summed E-state index contributed by atoms with van der Waals surface area (Å²) in [5, 5.41) is 11.0. The Labute approximate surface area is 249 Å². The monoisotopic (exact) mass is 598 g/mol. The van der Waals surface area contributed by atoms with Crippen LogP contribution in [0.3, 0.4) is 0 Å². The van der Waals surface area contributed by atoms with Gasteiger partial charge in [0.2, 0.25) is 5.91 Å². The van der Waals surface area contributed by atoms with E-state index in [2.05, 4.69) is 4.90 Å². The number of benzene rings is 2. The van der Waals surface area contributed by atoms with Gasteiger partial charge in [0.05, 0.1) is 23.1 Å². The number of nitrogens with zero attached hydrogens (tertiary/aromatic N) is 2. The van der Waals surface area contributed by atoms with Crippen LogP contribution in [0.2, 0.25) is 0 Å².